The molecule has 0 aliphatic heterocycles. The topological polar surface area (TPSA) is 49.4 Å². The van der Waals surface area contributed by atoms with E-state index in [9.17, 15) is 8.42 Å². The molecule has 0 saturated heterocycles. The number of hydrogen-bond acceptors (Lipinski definition) is 4. The highest BCUT2D eigenvalue weighted by atomic mass is 32.2. The second-order valence-corrected chi connectivity index (χ2v) is 7.80. The van der Waals surface area contributed by atoms with Crippen molar-refractivity contribution in [3.05, 3.63) is 16.3 Å². The minimum absolute atomic E-state index is 0.371. The molecule has 19 heavy (non-hydrogen) atoms. The Morgan fingerprint density at radius 2 is 2.11 bits per heavy atom. The van der Waals surface area contributed by atoms with E-state index in [1.54, 1.807) is 13.1 Å². The van der Waals surface area contributed by atoms with E-state index in [1.165, 1.54) is 15.6 Å². The lowest BCUT2D eigenvalue weighted by molar-refractivity contribution is 0.393. The van der Waals surface area contributed by atoms with Crippen LogP contribution in [0.1, 0.15) is 32.1 Å². The molecule has 0 aromatic carbocycles. The molecule has 0 amide bonds. The van der Waals surface area contributed by atoms with Gasteiger partial charge in [-0.25, -0.2) is 12.7 Å². The first kappa shape index (κ1) is 16.6. The van der Waals surface area contributed by atoms with Crippen molar-refractivity contribution in [3.8, 4) is 0 Å². The lowest BCUT2D eigenvalue weighted by atomic mass is 10.1. The summed E-state index contributed by atoms with van der Waals surface area (Å²) in [6, 6.07) is 1.71. The van der Waals surface area contributed by atoms with Crippen LogP contribution in [0.15, 0.2) is 16.3 Å². The Bertz CT molecular complexity index is 483. The van der Waals surface area contributed by atoms with Gasteiger partial charge in [-0.1, -0.05) is 27.2 Å². The molecule has 0 spiro atoms. The summed E-state index contributed by atoms with van der Waals surface area (Å²) in [4.78, 5) is 1.34. The minimum Gasteiger partial charge on any atom is -0.312 e. The fourth-order valence-corrected chi connectivity index (χ4v) is 4.43. The third-order valence-electron chi connectivity index (χ3n) is 3.19. The first-order chi connectivity index (χ1) is 8.93. The Morgan fingerprint density at radius 1 is 1.42 bits per heavy atom. The standard InChI is InChI=1S/C13H24N2O2S2/c1-5-11(3)10-15(4)19(16,17)13-7-8-18-12(13)9-14-6-2/h7-8,11,14H,5-6,9-10H2,1-4H3. The monoisotopic (exact) mass is 304 g/mol. The molecule has 4 nitrogen and oxygen atoms in total. The first-order valence-electron chi connectivity index (χ1n) is 6.66. The zero-order valence-electron chi connectivity index (χ0n) is 12.1. The van der Waals surface area contributed by atoms with E-state index in [-0.39, 0.29) is 0 Å². The van der Waals surface area contributed by atoms with Crippen LogP contribution in [0.3, 0.4) is 0 Å². The van der Waals surface area contributed by atoms with Gasteiger partial charge in [-0.05, 0) is 23.9 Å². The maximum Gasteiger partial charge on any atom is 0.243 e. The molecule has 1 unspecified atom stereocenters. The normalized spacial score (nSPS) is 13.9. The van der Waals surface area contributed by atoms with Gasteiger partial charge in [-0.15, -0.1) is 11.3 Å². The predicted molar refractivity (Wildman–Crippen MR) is 81.0 cm³/mol. The van der Waals surface area contributed by atoms with Crippen molar-refractivity contribution in [2.75, 3.05) is 20.1 Å². The molecule has 1 atom stereocenters. The molecule has 0 fully saturated rings. The fourth-order valence-electron chi connectivity index (χ4n) is 1.76. The smallest absolute Gasteiger partial charge is 0.243 e. The summed E-state index contributed by atoms with van der Waals surface area (Å²) in [7, 11) is -1.70. The van der Waals surface area contributed by atoms with Gasteiger partial charge in [0.25, 0.3) is 0 Å². The van der Waals surface area contributed by atoms with Crippen molar-refractivity contribution in [3.63, 3.8) is 0 Å². The molecule has 0 aliphatic rings. The average Bonchev–Trinajstić information content (AvgIpc) is 2.84. The average molecular weight is 304 g/mol. The SMILES string of the molecule is CCNCc1sccc1S(=O)(=O)N(C)CC(C)CC. The van der Waals surface area contributed by atoms with Gasteiger partial charge < -0.3 is 5.32 Å². The summed E-state index contributed by atoms with van der Waals surface area (Å²) in [5.41, 5.74) is 0. The highest BCUT2D eigenvalue weighted by molar-refractivity contribution is 7.89. The van der Waals surface area contributed by atoms with E-state index < -0.39 is 10.0 Å². The number of rotatable bonds is 8. The number of thiophene rings is 1. The molecule has 110 valence electrons. The van der Waals surface area contributed by atoms with Crippen LogP contribution in [-0.4, -0.2) is 32.9 Å². The van der Waals surface area contributed by atoms with Crippen LogP contribution in [0.25, 0.3) is 0 Å². The molecule has 0 saturated carbocycles. The number of nitrogens with zero attached hydrogens (tertiary/aromatic N) is 1. The summed E-state index contributed by atoms with van der Waals surface area (Å²) in [6.07, 6.45) is 0.980. The second kappa shape index (κ2) is 7.38. The van der Waals surface area contributed by atoms with Crippen LogP contribution in [0.4, 0.5) is 0 Å². The maximum absolute atomic E-state index is 12.5. The third-order valence-corrected chi connectivity index (χ3v) is 6.15. The van der Waals surface area contributed by atoms with Gasteiger partial charge in [0.2, 0.25) is 10.0 Å². The van der Waals surface area contributed by atoms with Crippen LogP contribution in [0, 0.1) is 5.92 Å². The van der Waals surface area contributed by atoms with E-state index in [1.807, 2.05) is 12.3 Å². The van der Waals surface area contributed by atoms with Gasteiger partial charge in [0.1, 0.15) is 0 Å². The Kier molecular flexibility index (Phi) is 6.46. The van der Waals surface area contributed by atoms with Crippen molar-refractivity contribution < 1.29 is 8.42 Å². The quantitative estimate of drug-likeness (QED) is 0.803. The van der Waals surface area contributed by atoms with Crippen LogP contribution >= 0.6 is 11.3 Å². The molecular formula is C13H24N2O2S2. The highest BCUT2D eigenvalue weighted by Gasteiger charge is 2.25. The zero-order valence-corrected chi connectivity index (χ0v) is 13.8. The van der Waals surface area contributed by atoms with Gasteiger partial charge in [-0.2, -0.15) is 0 Å². The molecule has 6 heteroatoms. The fraction of sp³-hybridized carbons (Fsp3) is 0.692. The molecule has 1 N–H and O–H groups in total. The summed E-state index contributed by atoms with van der Waals surface area (Å²) < 4.78 is 26.5. The lowest BCUT2D eigenvalue weighted by Crippen LogP contribution is -2.31. The molecular weight excluding hydrogens is 280 g/mol. The summed E-state index contributed by atoms with van der Waals surface area (Å²) >= 11 is 1.49. The molecule has 0 radical (unpaired) electrons. The first-order valence-corrected chi connectivity index (χ1v) is 8.98. The molecule has 1 heterocycles. The van der Waals surface area contributed by atoms with E-state index in [4.69, 9.17) is 0 Å². The lowest BCUT2D eigenvalue weighted by Gasteiger charge is -2.20. The minimum atomic E-state index is -3.36. The Labute approximate surface area is 120 Å². The summed E-state index contributed by atoms with van der Waals surface area (Å²) in [6.45, 7) is 8.16. The van der Waals surface area contributed by atoms with E-state index >= 15 is 0 Å². The predicted octanol–water partition coefficient (Wildman–Crippen LogP) is 2.52. The van der Waals surface area contributed by atoms with Crippen LogP contribution in [-0.2, 0) is 16.6 Å². The third kappa shape index (κ3) is 4.27. The highest BCUT2D eigenvalue weighted by Crippen LogP contribution is 2.25. The Hall–Kier alpha value is -0.430. The molecule has 1 aromatic heterocycles. The number of sulfonamides is 1. The summed E-state index contributed by atoms with van der Waals surface area (Å²) in [5, 5.41) is 5.03. The molecule has 0 aliphatic carbocycles. The molecule has 1 aromatic rings. The Morgan fingerprint density at radius 3 is 2.68 bits per heavy atom. The van der Waals surface area contributed by atoms with Crippen LogP contribution in [0.5, 0.6) is 0 Å². The van der Waals surface area contributed by atoms with Crippen molar-refractivity contribution >= 4 is 21.4 Å². The van der Waals surface area contributed by atoms with Gasteiger partial charge in [0.15, 0.2) is 0 Å². The second-order valence-electron chi connectivity index (χ2n) is 4.79. The van der Waals surface area contributed by atoms with Crippen molar-refractivity contribution in [1.29, 1.82) is 0 Å². The summed E-state index contributed by atoms with van der Waals surface area (Å²) in [5.74, 6) is 0.371. The van der Waals surface area contributed by atoms with Gasteiger partial charge >= 0.3 is 0 Å². The van der Waals surface area contributed by atoms with Crippen LogP contribution < -0.4 is 5.32 Å². The number of hydrogen-bond donors (Lipinski definition) is 1. The maximum atomic E-state index is 12.5. The molecule has 1 rings (SSSR count). The van der Waals surface area contributed by atoms with Crippen molar-refractivity contribution in [2.45, 2.75) is 38.6 Å². The van der Waals surface area contributed by atoms with Gasteiger partial charge in [-0.3, -0.25) is 0 Å². The van der Waals surface area contributed by atoms with E-state index in [0.29, 0.717) is 23.9 Å². The Balaban J connectivity index is 2.90. The molecule has 0 bridgehead atoms. The largest absolute Gasteiger partial charge is 0.312 e. The number of nitrogens with one attached hydrogen (secondary N) is 1. The van der Waals surface area contributed by atoms with Gasteiger partial charge in [0.05, 0.1) is 4.90 Å². The van der Waals surface area contributed by atoms with Crippen molar-refractivity contribution in [2.24, 2.45) is 5.92 Å². The van der Waals surface area contributed by atoms with E-state index in [0.717, 1.165) is 17.8 Å². The van der Waals surface area contributed by atoms with E-state index in [2.05, 4.69) is 19.2 Å². The van der Waals surface area contributed by atoms with Crippen molar-refractivity contribution in [1.82, 2.24) is 9.62 Å². The van der Waals surface area contributed by atoms with Crippen LogP contribution in [0.2, 0.25) is 0 Å². The van der Waals surface area contributed by atoms with Gasteiger partial charge in [0, 0.05) is 25.0 Å². The zero-order chi connectivity index (χ0) is 14.5.